The van der Waals surface area contributed by atoms with Crippen LogP contribution in [0.4, 0.5) is 14.5 Å². The SMILES string of the molecule is C=Cc1ccc(Oc2ccc(C3(c4ccc(F)cc4)C4=CC(N(C5=CCC=CC(c6ccc7c(c6)-c6ccccc6C7(C)C)=C5)c5cc[n+]6c(c5)C(c5ccc(F)cc5)(c5ccc(Oc7ccc(C=C)cc7)cc5)c5ccccc5-6)=CCC4c4ccccc43)cc2)cc1. The van der Waals surface area contributed by atoms with Crippen LogP contribution in [0.2, 0.25) is 0 Å². The van der Waals surface area contributed by atoms with Gasteiger partial charge in [-0.25, -0.2) is 8.78 Å². The first-order chi connectivity index (χ1) is 45.5. The molecule has 0 radical (unpaired) electrons. The van der Waals surface area contributed by atoms with Crippen molar-refractivity contribution in [3.05, 3.63) is 406 Å². The van der Waals surface area contributed by atoms with Crippen LogP contribution in [0.3, 0.4) is 0 Å². The topological polar surface area (TPSA) is 25.6 Å². The summed E-state index contributed by atoms with van der Waals surface area (Å²) in [6, 6.07) is 84.5. The highest BCUT2D eigenvalue weighted by Crippen LogP contribution is 2.61. The predicted octanol–water partition coefficient (Wildman–Crippen LogP) is 21.2. The minimum absolute atomic E-state index is 0.0137. The van der Waals surface area contributed by atoms with Crippen LogP contribution >= 0.6 is 0 Å². The summed E-state index contributed by atoms with van der Waals surface area (Å²) in [6.45, 7) is 12.5. The number of halogens is 2. The van der Waals surface area contributed by atoms with Crippen molar-refractivity contribution in [2.75, 3.05) is 4.90 Å². The van der Waals surface area contributed by atoms with E-state index in [1.165, 1.54) is 33.4 Å². The number of pyridine rings is 1. The van der Waals surface area contributed by atoms with E-state index in [4.69, 9.17) is 9.47 Å². The maximum atomic E-state index is 15.4. The van der Waals surface area contributed by atoms with E-state index in [2.05, 4.69) is 219 Å². The Balaban J connectivity index is 0.900. The molecule has 11 aromatic rings. The number of aromatic nitrogens is 1. The van der Waals surface area contributed by atoms with Crippen molar-refractivity contribution in [2.24, 2.45) is 0 Å². The van der Waals surface area contributed by atoms with Crippen molar-refractivity contribution in [1.82, 2.24) is 0 Å². The number of hydrogen-bond donors (Lipinski definition) is 0. The standard InChI is InChI=1S/C87H65F2N2O2/c1-5-57-23-41-70(42-24-57)92-72-45-32-62(33-46-72)86(61-28-36-65(88)37-29-61)80-20-12-10-17-74(80)76-49-40-68(55-82(76)86)91(67-16-8-7-15-59(53-67)60-27-50-79-77(54-60)75-18-9-11-19-78(75)85(79,3)4)69-51-52-90-83-22-14-13-21-81(83)87(84(90)56-69,63-30-38-66(89)39-31-63)64-34-47-73(48-35-64)93-71-43-25-58(6-2)26-44-71/h5-7,9-48,50-56,76H,1-2,8,49H2,3-4H3/q+1. The minimum Gasteiger partial charge on any atom is -0.457 e. The van der Waals surface area contributed by atoms with Crippen molar-refractivity contribution in [3.63, 3.8) is 0 Å². The van der Waals surface area contributed by atoms with Gasteiger partial charge in [0.05, 0.1) is 11.1 Å². The second-order valence-electron chi connectivity index (χ2n) is 25.2. The van der Waals surface area contributed by atoms with E-state index < -0.39 is 10.8 Å². The summed E-state index contributed by atoms with van der Waals surface area (Å²) < 4.78 is 46.2. The highest BCUT2D eigenvalue weighted by molar-refractivity contribution is 5.87. The summed E-state index contributed by atoms with van der Waals surface area (Å²) in [5, 5.41) is 0. The molecule has 4 aliphatic carbocycles. The Kier molecular flexibility index (Phi) is 13.9. The molecule has 0 N–H and O–H groups in total. The molecule has 3 unspecified atom stereocenters. The molecular weight excluding hydrogens is 1140 g/mol. The van der Waals surface area contributed by atoms with E-state index >= 15 is 8.78 Å². The molecule has 0 bridgehead atoms. The van der Waals surface area contributed by atoms with Crippen LogP contribution in [-0.2, 0) is 16.2 Å². The molecule has 0 amide bonds. The number of nitrogens with zero attached hydrogens (tertiary/aromatic N) is 2. The largest absolute Gasteiger partial charge is 0.457 e. The molecule has 0 fully saturated rings. The number of allylic oxidation sites excluding steroid dienone is 8. The van der Waals surface area contributed by atoms with Crippen LogP contribution in [0.25, 0.3) is 34.5 Å². The van der Waals surface area contributed by atoms with Crippen molar-refractivity contribution >= 4 is 23.4 Å². The zero-order chi connectivity index (χ0) is 63.0. The Morgan fingerprint density at radius 1 is 0.495 bits per heavy atom. The van der Waals surface area contributed by atoms with Crippen LogP contribution < -0.4 is 18.9 Å². The summed E-state index contributed by atoms with van der Waals surface area (Å²) in [7, 11) is 0. The minimum atomic E-state index is -0.939. The predicted molar refractivity (Wildman–Crippen MR) is 372 cm³/mol. The molecule has 3 atom stereocenters. The zero-order valence-corrected chi connectivity index (χ0v) is 51.7. The second kappa shape index (κ2) is 22.6. The number of rotatable bonds is 14. The smallest absolute Gasteiger partial charge is 0.215 e. The fourth-order valence-corrected chi connectivity index (χ4v) is 15.5. The number of fused-ring (bicyclic) bond motifs is 9. The first-order valence-corrected chi connectivity index (χ1v) is 31.9. The number of benzene rings is 10. The molecule has 5 aliphatic rings. The van der Waals surface area contributed by atoms with Crippen molar-refractivity contribution in [1.29, 1.82) is 0 Å². The van der Waals surface area contributed by atoms with Gasteiger partial charge >= 0.3 is 0 Å². The van der Waals surface area contributed by atoms with Gasteiger partial charge in [0.2, 0.25) is 11.4 Å². The van der Waals surface area contributed by atoms with E-state index in [1.54, 1.807) is 24.3 Å². The van der Waals surface area contributed by atoms with E-state index in [0.29, 0.717) is 30.1 Å². The summed E-state index contributed by atoms with van der Waals surface area (Å²) >= 11 is 0. The molecule has 0 saturated heterocycles. The van der Waals surface area contributed by atoms with Gasteiger partial charge in [-0.05, 0) is 187 Å². The molecule has 4 nitrogen and oxygen atoms in total. The van der Waals surface area contributed by atoms with Gasteiger partial charge in [0, 0.05) is 46.5 Å². The molecule has 0 saturated carbocycles. The third kappa shape index (κ3) is 9.33. The lowest BCUT2D eigenvalue weighted by molar-refractivity contribution is -0.599. The molecule has 10 aromatic carbocycles. The fourth-order valence-electron chi connectivity index (χ4n) is 15.5. The Bertz CT molecular complexity index is 4970. The lowest BCUT2D eigenvalue weighted by Crippen LogP contribution is -2.38. The summed E-state index contributed by atoms with van der Waals surface area (Å²) in [6.07, 6.45) is 21.3. The Morgan fingerprint density at radius 3 is 1.62 bits per heavy atom. The Labute approximate surface area is 542 Å². The molecule has 6 heteroatoms. The number of anilines is 1. The van der Waals surface area contributed by atoms with Crippen molar-refractivity contribution < 1.29 is 22.8 Å². The van der Waals surface area contributed by atoms with Gasteiger partial charge in [-0.1, -0.05) is 215 Å². The first kappa shape index (κ1) is 57.0. The van der Waals surface area contributed by atoms with Crippen molar-refractivity contribution in [3.8, 4) is 39.8 Å². The Morgan fingerprint density at radius 2 is 1.01 bits per heavy atom. The molecule has 2 heterocycles. The van der Waals surface area contributed by atoms with Gasteiger partial charge in [0.25, 0.3) is 0 Å². The number of para-hydroxylation sites is 1. The maximum absolute atomic E-state index is 15.4. The molecule has 16 rings (SSSR count). The quantitative estimate of drug-likeness (QED) is 0.102. The average molecular weight is 1210 g/mol. The monoisotopic (exact) mass is 1210 g/mol. The highest BCUT2D eigenvalue weighted by Gasteiger charge is 2.55. The highest BCUT2D eigenvalue weighted by atomic mass is 19.1. The molecule has 1 aromatic heterocycles. The third-order valence-corrected chi connectivity index (χ3v) is 19.9. The first-order valence-electron chi connectivity index (χ1n) is 31.9. The van der Waals surface area contributed by atoms with Crippen LogP contribution in [0.5, 0.6) is 23.0 Å². The lowest BCUT2D eigenvalue weighted by atomic mass is 9.66. The molecule has 93 heavy (non-hydrogen) atoms. The van der Waals surface area contributed by atoms with Gasteiger partial charge in [-0.2, -0.15) is 4.57 Å². The van der Waals surface area contributed by atoms with Gasteiger partial charge in [0.15, 0.2) is 6.20 Å². The molecule has 448 valence electrons. The van der Waals surface area contributed by atoms with Crippen LogP contribution in [-0.4, -0.2) is 0 Å². The van der Waals surface area contributed by atoms with E-state index in [-0.39, 0.29) is 23.0 Å². The lowest BCUT2D eigenvalue weighted by Gasteiger charge is -2.38. The van der Waals surface area contributed by atoms with Crippen LogP contribution in [0.15, 0.2) is 321 Å². The van der Waals surface area contributed by atoms with Gasteiger partial charge in [-0.3, -0.25) is 0 Å². The van der Waals surface area contributed by atoms with Crippen LogP contribution in [0.1, 0.15) is 105 Å². The van der Waals surface area contributed by atoms with Crippen molar-refractivity contribution in [2.45, 2.75) is 48.9 Å². The van der Waals surface area contributed by atoms with Crippen LogP contribution in [0, 0.1) is 11.6 Å². The van der Waals surface area contributed by atoms with E-state index in [9.17, 15) is 0 Å². The zero-order valence-electron chi connectivity index (χ0n) is 51.7. The summed E-state index contributed by atoms with van der Waals surface area (Å²) in [4.78, 5) is 2.45. The molecular formula is C87H65F2N2O2+. The third-order valence-electron chi connectivity index (χ3n) is 19.9. The second-order valence-corrected chi connectivity index (χ2v) is 25.2. The number of ether oxygens (including phenoxy) is 2. The molecule has 0 spiro atoms. The summed E-state index contributed by atoms with van der Waals surface area (Å²) in [5.74, 6) is 2.20. The normalized spacial score (nSPS) is 18.4. The summed E-state index contributed by atoms with van der Waals surface area (Å²) in [5.41, 5.74) is 21.0. The van der Waals surface area contributed by atoms with Gasteiger partial charge in [0.1, 0.15) is 40.0 Å². The maximum Gasteiger partial charge on any atom is 0.215 e. The average Bonchev–Trinajstić information content (AvgIpc) is 1.56. The van der Waals surface area contributed by atoms with E-state index in [0.717, 1.165) is 89.9 Å². The fraction of sp³-hybridized carbons (Fsp3) is 0.0920. The Hall–Kier alpha value is -11.2. The van der Waals surface area contributed by atoms with Gasteiger partial charge in [-0.15, -0.1) is 0 Å². The van der Waals surface area contributed by atoms with E-state index in [1.807, 2.05) is 97.1 Å². The number of hydrogen-bond acceptors (Lipinski definition) is 3. The van der Waals surface area contributed by atoms with Gasteiger partial charge < -0.3 is 14.4 Å². The molecule has 1 aliphatic heterocycles.